The molecule has 1 aliphatic rings. The monoisotopic (exact) mass is 219 g/mol. The molecule has 2 atom stereocenters. The summed E-state index contributed by atoms with van der Waals surface area (Å²) in [6, 6.07) is 3.74. The Bertz CT molecular complexity index is 392. The second-order valence-electron chi connectivity index (χ2n) is 4.36. The lowest BCUT2D eigenvalue weighted by atomic mass is 10.1. The molecule has 0 aliphatic heterocycles. The van der Waals surface area contributed by atoms with E-state index >= 15 is 0 Å². The van der Waals surface area contributed by atoms with Crippen LogP contribution in [0, 0.1) is 6.92 Å². The molecule has 0 aromatic carbocycles. The van der Waals surface area contributed by atoms with Crippen LogP contribution >= 0.6 is 0 Å². The highest BCUT2D eigenvalue weighted by atomic mass is 16.1. The van der Waals surface area contributed by atoms with Crippen molar-refractivity contribution < 1.29 is 4.79 Å². The molecule has 0 spiro atoms. The first-order valence-electron chi connectivity index (χ1n) is 5.66. The number of hydrogen-bond donors (Lipinski definition) is 2. The van der Waals surface area contributed by atoms with Crippen molar-refractivity contribution in [2.75, 3.05) is 0 Å². The number of nitrogens with two attached hydrogens (primary N) is 1. The summed E-state index contributed by atoms with van der Waals surface area (Å²) < 4.78 is 0. The Morgan fingerprint density at radius 3 is 3.00 bits per heavy atom. The summed E-state index contributed by atoms with van der Waals surface area (Å²) >= 11 is 0. The summed E-state index contributed by atoms with van der Waals surface area (Å²) in [5.41, 5.74) is 7.42. The van der Waals surface area contributed by atoms with Crippen LogP contribution < -0.4 is 11.1 Å². The summed E-state index contributed by atoms with van der Waals surface area (Å²) in [6.07, 6.45) is 4.73. The molecule has 0 bridgehead atoms. The van der Waals surface area contributed by atoms with Crippen molar-refractivity contribution in [2.24, 2.45) is 5.73 Å². The third kappa shape index (κ3) is 2.39. The van der Waals surface area contributed by atoms with Crippen molar-refractivity contribution in [3.05, 3.63) is 29.6 Å². The predicted octanol–water partition coefficient (Wildman–Crippen LogP) is 1.000. The van der Waals surface area contributed by atoms with Crippen LogP contribution in [0.1, 0.15) is 35.3 Å². The van der Waals surface area contributed by atoms with Crippen molar-refractivity contribution >= 4 is 5.91 Å². The molecular formula is C12H17N3O. The Morgan fingerprint density at radius 2 is 2.38 bits per heavy atom. The molecule has 16 heavy (non-hydrogen) atoms. The molecule has 1 aromatic rings. The lowest BCUT2D eigenvalue weighted by Crippen LogP contribution is -2.43. The van der Waals surface area contributed by atoms with Gasteiger partial charge in [-0.1, -0.05) is 0 Å². The molecule has 0 radical (unpaired) electrons. The Kier molecular flexibility index (Phi) is 3.19. The highest BCUT2D eigenvalue weighted by Gasteiger charge is 2.25. The molecule has 1 aliphatic carbocycles. The fourth-order valence-electron chi connectivity index (χ4n) is 2.11. The number of carbonyl (C=O) groups excluding carboxylic acids is 1. The van der Waals surface area contributed by atoms with E-state index in [1.54, 1.807) is 18.3 Å². The molecule has 4 nitrogen and oxygen atoms in total. The van der Waals surface area contributed by atoms with Gasteiger partial charge in [0.2, 0.25) is 0 Å². The number of aryl methyl sites for hydroxylation is 1. The lowest BCUT2D eigenvalue weighted by molar-refractivity contribution is 0.0934. The third-order valence-electron chi connectivity index (χ3n) is 3.04. The molecule has 1 heterocycles. The zero-order chi connectivity index (χ0) is 11.5. The van der Waals surface area contributed by atoms with Crippen molar-refractivity contribution in [2.45, 2.75) is 38.3 Å². The zero-order valence-corrected chi connectivity index (χ0v) is 9.44. The van der Waals surface area contributed by atoms with Gasteiger partial charge in [0.15, 0.2) is 0 Å². The maximum absolute atomic E-state index is 11.9. The summed E-state index contributed by atoms with van der Waals surface area (Å²) in [5, 5.41) is 2.98. The Morgan fingerprint density at radius 1 is 1.56 bits per heavy atom. The minimum atomic E-state index is -0.0483. The second-order valence-corrected chi connectivity index (χ2v) is 4.36. The molecular weight excluding hydrogens is 202 g/mol. The molecule has 3 N–H and O–H groups in total. The molecule has 1 fully saturated rings. The van der Waals surface area contributed by atoms with E-state index in [4.69, 9.17) is 5.73 Å². The van der Waals surface area contributed by atoms with Gasteiger partial charge in [-0.2, -0.15) is 0 Å². The van der Waals surface area contributed by atoms with Gasteiger partial charge in [-0.25, -0.2) is 0 Å². The molecule has 1 saturated carbocycles. The maximum Gasteiger partial charge on any atom is 0.251 e. The van der Waals surface area contributed by atoms with Crippen molar-refractivity contribution in [3.8, 4) is 0 Å². The number of rotatable bonds is 2. The maximum atomic E-state index is 11.9. The van der Waals surface area contributed by atoms with Crippen LogP contribution in [0.5, 0.6) is 0 Å². The summed E-state index contributed by atoms with van der Waals surface area (Å²) in [4.78, 5) is 16.0. The van der Waals surface area contributed by atoms with E-state index in [1.165, 1.54) is 0 Å². The molecule has 0 saturated heterocycles. The van der Waals surface area contributed by atoms with Gasteiger partial charge in [0.25, 0.3) is 5.91 Å². The van der Waals surface area contributed by atoms with Crippen LogP contribution in [0.2, 0.25) is 0 Å². The Hall–Kier alpha value is -1.42. The Labute approximate surface area is 95.3 Å². The van der Waals surface area contributed by atoms with Crippen LogP contribution in [0.4, 0.5) is 0 Å². The molecule has 4 heteroatoms. The van der Waals surface area contributed by atoms with Crippen LogP contribution in [0.25, 0.3) is 0 Å². The van der Waals surface area contributed by atoms with E-state index in [9.17, 15) is 4.79 Å². The first kappa shape index (κ1) is 11.1. The molecule has 86 valence electrons. The van der Waals surface area contributed by atoms with Gasteiger partial charge < -0.3 is 11.1 Å². The van der Waals surface area contributed by atoms with Crippen LogP contribution in [-0.4, -0.2) is 23.0 Å². The van der Waals surface area contributed by atoms with Crippen molar-refractivity contribution in [3.63, 3.8) is 0 Å². The highest BCUT2D eigenvalue weighted by Crippen LogP contribution is 2.17. The third-order valence-corrected chi connectivity index (χ3v) is 3.04. The number of nitrogens with zero attached hydrogens (tertiary/aromatic N) is 1. The smallest absolute Gasteiger partial charge is 0.251 e. The van der Waals surface area contributed by atoms with Crippen molar-refractivity contribution in [1.82, 2.24) is 10.3 Å². The van der Waals surface area contributed by atoms with E-state index < -0.39 is 0 Å². The van der Waals surface area contributed by atoms with E-state index in [-0.39, 0.29) is 18.0 Å². The quantitative estimate of drug-likeness (QED) is 0.779. The normalized spacial score (nSPS) is 24.4. The average Bonchev–Trinajstić information content (AvgIpc) is 2.64. The predicted molar refractivity (Wildman–Crippen MR) is 62.1 cm³/mol. The van der Waals surface area contributed by atoms with E-state index in [1.807, 2.05) is 6.92 Å². The fourth-order valence-corrected chi connectivity index (χ4v) is 2.11. The van der Waals surface area contributed by atoms with E-state index in [0.29, 0.717) is 5.56 Å². The summed E-state index contributed by atoms with van der Waals surface area (Å²) in [7, 11) is 0. The minimum Gasteiger partial charge on any atom is -0.348 e. The average molecular weight is 219 g/mol. The number of aromatic nitrogens is 1. The first-order valence-corrected chi connectivity index (χ1v) is 5.66. The van der Waals surface area contributed by atoms with E-state index in [2.05, 4.69) is 10.3 Å². The molecule has 1 aromatic heterocycles. The first-order chi connectivity index (χ1) is 7.66. The Balaban J connectivity index is 2.03. The van der Waals surface area contributed by atoms with E-state index in [0.717, 1.165) is 25.0 Å². The summed E-state index contributed by atoms with van der Waals surface area (Å²) in [6.45, 7) is 1.87. The van der Waals surface area contributed by atoms with Gasteiger partial charge in [0.05, 0.1) is 0 Å². The molecule has 2 rings (SSSR count). The van der Waals surface area contributed by atoms with Gasteiger partial charge in [0, 0.05) is 29.5 Å². The topological polar surface area (TPSA) is 68.0 Å². The molecule has 2 unspecified atom stereocenters. The standard InChI is InChI=1S/C12H17N3O/c1-8-7-9(5-6-14-8)12(16)15-11-4-2-3-10(11)13/h5-7,10-11H,2-4,13H2,1H3,(H,15,16). The van der Waals surface area contributed by atoms with Gasteiger partial charge in [-0.15, -0.1) is 0 Å². The SMILES string of the molecule is Cc1cc(C(=O)NC2CCCC2N)ccn1. The largest absolute Gasteiger partial charge is 0.348 e. The van der Waals surface area contributed by atoms with Crippen molar-refractivity contribution in [1.29, 1.82) is 0 Å². The lowest BCUT2D eigenvalue weighted by Gasteiger charge is -2.17. The molecule has 1 amide bonds. The number of carbonyl (C=O) groups is 1. The number of nitrogens with one attached hydrogen (secondary N) is 1. The number of amides is 1. The fraction of sp³-hybridized carbons (Fsp3) is 0.500. The second kappa shape index (κ2) is 4.61. The van der Waals surface area contributed by atoms with Gasteiger partial charge in [-0.05, 0) is 38.3 Å². The summed E-state index contributed by atoms with van der Waals surface area (Å²) in [5.74, 6) is -0.0483. The number of hydrogen-bond acceptors (Lipinski definition) is 3. The van der Waals surface area contributed by atoms with Crippen LogP contribution in [0.3, 0.4) is 0 Å². The minimum absolute atomic E-state index is 0.0483. The van der Waals surface area contributed by atoms with Crippen LogP contribution in [-0.2, 0) is 0 Å². The number of pyridine rings is 1. The zero-order valence-electron chi connectivity index (χ0n) is 9.44. The van der Waals surface area contributed by atoms with Gasteiger partial charge >= 0.3 is 0 Å². The van der Waals surface area contributed by atoms with Gasteiger partial charge in [0.1, 0.15) is 0 Å². The van der Waals surface area contributed by atoms with Gasteiger partial charge in [-0.3, -0.25) is 9.78 Å². The van der Waals surface area contributed by atoms with Crippen LogP contribution in [0.15, 0.2) is 18.3 Å². The highest BCUT2D eigenvalue weighted by molar-refractivity contribution is 5.94.